The summed E-state index contributed by atoms with van der Waals surface area (Å²) in [4.78, 5) is 16.8. The zero-order valence-corrected chi connectivity index (χ0v) is 9.68. The number of hydrogen-bond acceptors (Lipinski definition) is 4. The SMILES string of the molecule is O=CBN1CC(c2ncco2)=CC(Br)C1. The van der Waals surface area contributed by atoms with E-state index in [9.17, 15) is 4.79 Å². The fraction of sp³-hybridized carbons (Fsp3) is 0.333. The lowest BCUT2D eigenvalue weighted by Crippen LogP contribution is -2.38. The lowest BCUT2D eigenvalue weighted by molar-refractivity contribution is 0.478. The van der Waals surface area contributed by atoms with E-state index in [1.165, 1.54) is 0 Å². The van der Waals surface area contributed by atoms with Crippen LogP contribution in [0.1, 0.15) is 5.89 Å². The van der Waals surface area contributed by atoms with Crippen LogP contribution < -0.4 is 0 Å². The van der Waals surface area contributed by atoms with Gasteiger partial charge in [-0.15, -0.1) is 0 Å². The number of oxazole rings is 1. The van der Waals surface area contributed by atoms with Gasteiger partial charge >= 0.3 is 0 Å². The molecule has 6 heteroatoms. The van der Waals surface area contributed by atoms with Crippen molar-refractivity contribution in [1.82, 2.24) is 9.79 Å². The van der Waals surface area contributed by atoms with Crippen LogP contribution in [-0.2, 0) is 4.79 Å². The van der Waals surface area contributed by atoms with Crippen LogP contribution in [0.3, 0.4) is 0 Å². The molecule has 2 heterocycles. The van der Waals surface area contributed by atoms with Gasteiger partial charge in [0.25, 0.3) is 7.41 Å². The van der Waals surface area contributed by atoms with E-state index in [-0.39, 0.29) is 4.83 Å². The lowest BCUT2D eigenvalue weighted by atomic mass is 9.91. The summed E-state index contributed by atoms with van der Waals surface area (Å²) in [6.45, 7) is 1.55. The van der Waals surface area contributed by atoms with Gasteiger partial charge in [0, 0.05) is 23.5 Å². The number of halogens is 1. The molecule has 78 valence electrons. The first-order valence-corrected chi connectivity index (χ1v) is 5.62. The average Bonchev–Trinajstić information content (AvgIpc) is 2.70. The summed E-state index contributed by atoms with van der Waals surface area (Å²) in [5.74, 6) is 0.634. The molecule has 0 aliphatic carbocycles. The molecular formula is C9H10BBrN2O2. The molecule has 1 aliphatic rings. The second-order valence-corrected chi connectivity index (χ2v) is 4.58. The monoisotopic (exact) mass is 268 g/mol. The van der Waals surface area contributed by atoms with Gasteiger partial charge in [0.15, 0.2) is 0 Å². The van der Waals surface area contributed by atoms with Crippen LogP contribution in [0, 0.1) is 0 Å². The molecule has 0 amide bonds. The summed E-state index contributed by atoms with van der Waals surface area (Å²) in [6.07, 6.45) is 6.17. The van der Waals surface area contributed by atoms with E-state index >= 15 is 0 Å². The Morgan fingerprint density at radius 2 is 2.60 bits per heavy atom. The van der Waals surface area contributed by atoms with Crippen molar-refractivity contribution in [3.05, 3.63) is 24.4 Å². The number of carbonyl (C=O) groups is 1. The van der Waals surface area contributed by atoms with E-state index in [0.717, 1.165) is 18.3 Å². The average molecular weight is 269 g/mol. The number of nitrogens with zero attached hydrogens (tertiary/aromatic N) is 2. The van der Waals surface area contributed by atoms with Crippen molar-refractivity contribution in [2.75, 3.05) is 13.1 Å². The fourth-order valence-electron chi connectivity index (χ4n) is 1.64. The number of alkyl halides is 1. The highest BCUT2D eigenvalue weighted by Crippen LogP contribution is 2.21. The van der Waals surface area contributed by atoms with Crippen LogP contribution in [0.2, 0.25) is 0 Å². The Balaban J connectivity index is 2.15. The second-order valence-electron chi connectivity index (χ2n) is 3.41. The maximum atomic E-state index is 10.5. The first-order valence-electron chi connectivity index (χ1n) is 4.70. The first kappa shape index (κ1) is 10.6. The molecule has 0 saturated heterocycles. The molecule has 1 atom stereocenters. The lowest BCUT2D eigenvalue weighted by Gasteiger charge is -2.26. The van der Waals surface area contributed by atoms with Crippen molar-refractivity contribution in [1.29, 1.82) is 0 Å². The summed E-state index contributed by atoms with van der Waals surface area (Å²) < 4.78 is 5.23. The highest BCUT2D eigenvalue weighted by atomic mass is 79.9. The molecule has 0 aromatic carbocycles. The van der Waals surface area contributed by atoms with Gasteiger partial charge in [-0.1, -0.05) is 22.0 Å². The summed E-state index contributed by atoms with van der Waals surface area (Å²) in [6, 6.07) is 0. The maximum Gasteiger partial charge on any atom is 0.281 e. The van der Waals surface area contributed by atoms with E-state index in [2.05, 4.69) is 27.0 Å². The molecule has 1 aromatic heterocycles. The number of rotatable bonds is 3. The van der Waals surface area contributed by atoms with Crippen LogP contribution in [0.25, 0.3) is 5.57 Å². The highest BCUT2D eigenvalue weighted by Gasteiger charge is 2.21. The van der Waals surface area contributed by atoms with Crippen molar-refractivity contribution >= 4 is 35.1 Å². The predicted molar refractivity (Wildman–Crippen MR) is 62.7 cm³/mol. The first-order chi connectivity index (χ1) is 7.29. The van der Waals surface area contributed by atoms with Crippen LogP contribution in [0.15, 0.2) is 23.0 Å². The van der Waals surface area contributed by atoms with E-state index in [0.29, 0.717) is 19.8 Å². The predicted octanol–water partition coefficient (Wildman–Crippen LogP) is 0.679. The van der Waals surface area contributed by atoms with Crippen molar-refractivity contribution < 1.29 is 9.21 Å². The van der Waals surface area contributed by atoms with E-state index in [1.54, 1.807) is 12.5 Å². The van der Waals surface area contributed by atoms with Gasteiger partial charge in [0.1, 0.15) is 6.26 Å². The Morgan fingerprint density at radius 3 is 3.27 bits per heavy atom. The van der Waals surface area contributed by atoms with Crippen LogP contribution in [0.5, 0.6) is 0 Å². The normalized spacial score (nSPS) is 22.2. The number of carbonyl (C=O) groups excluding carboxylic acids is 1. The molecule has 0 saturated carbocycles. The molecule has 0 fully saturated rings. The zero-order valence-electron chi connectivity index (χ0n) is 8.10. The third-order valence-corrected chi connectivity index (χ3v) is 2.80. The third-order valence-electron chi connectivity index (χ3n) is 2.25. The van der Waals surface area contributed by atoms with E-state index < -0.39 is 0 Å². The Hall–Kier alpha value is -0.875. The quantitative estimate of drug-likeness (QED) is 0.460. The van der Waals surface area contributed by atoms with Gasteiger partial charge in [0.2, 0.25) is 5.89 Å². The van der Waals surface area contributed by atoms with Crippen molar-refractivity contribution in [3.8, 4) is 0 Å². The van der Waals surface area contributed by atoms with Crippen LogP contribution in [0.4, 0.5) is 0 Å². The minimum Gasteiger partial charge on any atom is -0.445 e. The molecule has 1 aromatic rings. The molecular weight excluding hydrogens is 259 g/mol. The van der Waals surface area contributed by atoms with E-state index in [4.69, 9.17) is 4.42 Å². The molecule has 0 bridgehead atoms. The smallest absolute Gasteiger partial charge is 0.281 e. The van der Waals surface area contributed by atoms with Crippen molar-refractivity contribution in [2.45, 2.75) is 4.83 Å². The van der Waals surface area contributed by atoms with Gasteiger partial charge in [-0.3, -0.25) is 0 Å². The second kappa shape index (κ2) is 4.76. The van der Waals surface area contributed by atoms with E-state index in [1.807, 2.05) is 4.81 Å². The van der Waals surface area contributed by atoms with Gasteiger partial charge in [-0.2, -0.15) is 0 Å². The molecule has 0 radical (unpaired) electrons. The van der Waals surface area contributed by atoms with Gasteiger partial charge < -0.3 is 14.0 Å². The number of aromatic nitrogens is 1. The summed E-state index contributed by atoms with van der Waals surface area (Å²) >= 11 is 3.52. The summed E-state index contributed by atoms with van der Waals surface area (Å²) in [5, 5.41) is 0. The fourth-order valence-corrected chi connectivity index (χ4v) is 2.37. The topological polar surface area (TPSA) is 46.3 Å². The summed E-state index contributed by atoms with van der Waals surface area (Å²) in [5.41, 5.74) is 1.02. The third kappa shape index (κ3) is 2.57. The largest absolute Gasteiger partial charge is 0.445 e. The standard InChI is InChI=1S/C9H10BBrN2O2/c11-8-3-7(9-12-1-2-15-9)4-13(5-8)10-6-14/h1-3,6,8,10H,4-5H2. The molecule has 0 spiro atoms. The minimum atomic E-state index is 0.244. The Bertz CT molecular complexity index is 366. The van der Waals surface area contributed by atoms with Crippen LogP contribution in [-0.4, -0.2) is 41.3 Å². The number of hydrogen-bond donors (Lipinski definition) is 0. The Labute approximate surface area is 96.7 Å². The van der Waals surface area contributed by atoms with Crippen LogP contribution >= 0.6 is 15.9 Å². The Kier molecular flexibility index (Phi) is 3.38. The molecule has 0 N–H and O–H groups in total. The van der Waals surface area contributed by atoms with Gasteiger partial charge in [-0.05, 0) is 0 Å². The van der Waals surface area contributed by atoms with Crippen molar-refractivity contribution in [3.63, 3.8) is 0 Å². The Morgan fingerprint density at radius 1 is 1.73 bits per heavy atom. The van der Waals surface area contributed by atoms with Crippen molar-refractivity contribution in [2.24, 2.45) is 0 Å². The molecule has 15 heavy (non-hydrogen) atoms. The molecule has 1 aliphatic heterocycles. The summed E-state index contributed by atoms with van der Waals surface area (Å²) in [7, 11) is 0.445. The molecule has 1 unspecified atom stereocenters. The minimum absolute atomic E-state index is 0.244. The van der Waals surface area contributed by atoms with Gasteiger partial charge in [-0.25, -0.2) is 4.98 Å². The molecule has 2 rings (SSSR count). The maximum absolute atomic E-state index is 10.5. The highest BCUT2D eigenvalue weighted by molar-refractivity contribution is 9.09. The zero-order chi connectivity index (χ0) is 10.7. The van der Waals surface area contributed by atoms with Gasteiger partial charge in [0.05, 0.1) is 12.4 Å². The molecule has 4 nitrogen and oxygen atoms in total.